The first-order valence-electron chi connectivity index (χ1n) is 5.30. The van der Waals surface area contributed by atoms with E-state index in [2.05, 4.69) is 32.9 Å². The Morgan fingerprint density at radius 1 is 1.18 bits per heavy atom. The van der Waals surface area contributed by atoms with Crippen molar-refractivity contribution in [2.24, 2.45) is 0 Å². The van der Waals surface area contributed by atoms with E-state index in [0.717, 1.165) is 11.4 Å². The molecule has 0 aliphatic rings. The fourth-order valence-corrected chi connectivity index (χ4v) is 1.85. The first-order valence-corrected chi connectivity index (χ1v) is 6.38. The monoisotopic (exact) mass is 340 g/mol. The van der Waals surface area contributed by atoms with E-state index in [9.17, 15) is 5.11 Å². The van der Waals surface area contributed by atoms with Gasteiger partial charge in [0, 0.05) is 15.0 Å². The van der Waals surface area contributed by atoms with E-state index < -0.39 is 0 Å². The number of nitrogens with zero attached hydrogens (tertiary/aromatic N) is 1. The lowest BCUT2D eigenvalue weighted by Gasteiger charge is -2.08. The van der Waals surface area contributed by atoms with Crippen LogP contribution in [-0.4, -0.2) is 10.1 Å². The molecule has 4 heteroatoms. The normalized spacial score (nSPS) is 10.2. The summed E-state index contributed by atoms with van der Waals surface area (Å²) in [5.41, 5.74) is 2.60. The molecule has 0 atom stereocenters. The molecule has 0 saturated carbocycles. The summed E-state index contributed by atoms with van der Waals surface area (Å²) >= 11 is 2.27. The van der Waals surface area contributed by atoms with E-state index in [1.54, 1.807) is 12.1 Å². The van der Waals surface area contributed by atoms with E-state index in [4.69, 9.17) is 0 Å². The maximum absolute atomic E-state index is 9.65. The van der Waals surface area contributed by atoms with Crippen LogP contribution in [0.3, 0.4) is 0 Å². The van der Waals surface area contributed by atoms with E-state index in [1.165, 1.54) is 3.57 Å². The van der Waals surface area contributed by atoms with Crippen molar-refractivity contribution in [1.82, 2.24) is 4.98 Å². The highest BCUT2D eigenvalue weighted by Gasteiger charge is 2.02. The van der Waals surface area contributed by atoms with Gasteiger partial charge in [-0.1, -0.05) is 0 Å². The molecule has 0 saturated heterocycles. The standard InChI is InChI=1S/C13H13IN2O/c1-9-2-7-13(17)12(16-9)8-15-11-5-3-10(14)4-6-11/h2-7,15,17H,8H2,1H3. The fraction of sp³-hybridized carbons (Fsp3) is 0.154. The predicted molar refractivity (Wildman–Crippen MR) is 77.1 cm³/mol. The van der Waals surface area contributed by atoms with Gasteiger partial charge in [0.15, 0.2) is 0 Å². The zero-order valence-corrected chi connectivity index (χ0v) is 11.6. The molecule has 2 N–H and O–H groups in total. The number of aryl methyl sites for hydroxylation is 1. The summed E-state index contributed by atoms with van der Waals surface area (Å²) in [6.45, 7) is 2.43. The summed E-state index contributed by atoms with van der Waals surface area (Å²) in [5.74, 6) is 0.230. The number of benzene rings is 1. The SMILES string of the molecule is Cc1ccc(O)c(CNc2ccc(I)cc2)n1. The molecule has 0 fully saturated rings. The highest BCUT2D eigenvalue weighted by Crippen LogP contribution is 2.17. The largest absolute Gasteiger partial charge is 0.506 e. The molecule has 0 aliphatic heterocycles. The van der Waals surface area contributed by atoms with Crippen molar-refractivity contribution in [3.8, 4) is 5.75 Å². The fourth-order valence-electron chi connectivity index (χ4n) is 1.49. The van der Waals surface area contributed by atoms with E-state index in [0.29, 0.717) is 12.2 Å². The van der Waals surface area contributed by atoms with Crippen molar-refractivity contribution in [1.29, 1.82) is 0 Å². The van der Waals surface area contributed by atoms with Crippen molar-refractivity contribution >= 4 is 28.3 Å². The molecule has 2 aromatic rings. The van der Waals surface area contributed by atoms with Gasteiger partial charge in [0.25, 0.3) is 0 Å². The quantitative estimate of drug-likeness (QED) is 0.843. The van der Waals surface area contributed by atoms with Crippen LogP contribution in [0.25, 0.3) is 0 Å². The number of halogens is 1. The van der Waals surface area contributed by atoms with Crippen molar-refractivity contribution in [3.05, 3.63) is 51.4 Å². The minimum Gasteiger partial charge on any atom is -0.506 e. The van der Waals surface area contributed by atoms with Crippen LogP contribution in [-0.2, 0) is 6.54 Å². The number of hydrogen-bond donors (Lipinski definition) is 2. The molecule has 1 aromatic heterocycles. The first kappa shape index (κ1) is 12.2. The topological polar surface area (TPSA) is 45.1 Å². The van der Waals surface area contributed by atoms with Crippen LogP contribution >= 0.6 is 22.6 Å². The Balaban J connectivity index is 2.07. The molecule has 1 aromatic carbocycles. The Labute approximate surface area is 114 Å². The number of aromatic nitrogens is 1. The number of hydrogen-bond acceptors (Lipinski definition) is 3. The maximum atomic E-state index is 9.65. The van der Waals surface area contributed by atoms with Gasteiger partial charge in [0.2, 0.25) is 0 Å². The summed E-state index contributed by atoms with van der Waals surface area (Å²) in [6, 6.07) is 11.6. The molecule has 0 aliphatic carbocycles. The lowest BCUT2D eigenvalue weighted by atomic mass is 10.2. The zero-order chi connectivity index (χ0) is 12.3. The van der Waals surface area contributed by atoms with Gasteiger partial charge in [-0.2, -0.15) is 0 Å². The number of nitrogens with one attached hydrogen (secondary N) is 1. The van der Waals surface area contributed by atoms with Crippen molar-refractivity contribution in [2.75, 3.05) is 5.32 Å². The molecule has 0 radical (unpaired) electrons. The second-order valence-electron chi connectivity index (χ2n) is 3.78. The number of aromatic hydroxyl groups is 1. The maximum Gasteiger partial charge on any atom is 0.138 e. The summed E-state index contributed by atoms with van der Waals surface area (Å²) < 4.78 is 1.20. The van der Waals surface area contributed by atoms with Crippen LogP contribution in [0, 0.1) is 10.5 Å². The Bertz CT molecular complexity index is 511. The van der Waals surface area contributed by atoms with Gasteiger partial charge in [-0.05, 0) is 65.9 Å². The van der Waals surface area contributed by atoms with Gasteiger partial charge in [-0.25, -0.2) is 0 Å². The van der Waals surface area contributed by atoms with E-state index in [-0.39, 0.29) is 5.75 Å². The van der Waals surface area contributed by atoms with Crippen molar-refractivity contribution in [2.45, 2.75) is 13.5 Å². The molecule has 0 spiro atoms. The average Bonchev–Trinajstić information content (AvgIpc) is 2.32. The minimum atomic E-state index is 0.230. The first-order chi connectivity index (χ1) is 8.15. The Hall–Kier alpha value is -1.30. The van der Waals surface area contributed by atoms with E-state index in [1.807, 2.05) is 31.2 Å². The average molecular weight is 340 g/mol. The van der Waals surface area contributed by atoms with Gasteiger partial charge >= 0.3 is 0 Å². The zero-order valence-electron chi connectivity index (χ0n) is 9.44. The Morgan fingerprint density at radius 3 is 2.59 bits per heavy atom. The van der Waals surface area contributed by atoms with Crippen LogP contribution in [0.2, 0.25) is 0 Å². The van der Waals surface area contributed by atoms with Crippen LogP contribution in [0.1, 0.15) is 11.4 Å². The molecule has 0 bridgehead atoms. The molecular weight excluding hydrogens is 327 g/mol. The minimum absolute atomic E-state index is 0.230. The second-order valence-corrected chi connectivity index (χ2v) is 5.02. The van der Waals surface area contributed by atoms with Crippen LogP contribution in [0.15, 0.2) is 36.4 Å². The Morgan fingerprint density at radius 2 is 1.88 bits per heavy atom. The number of rotatable bonds is 3. The van der Waals surface area contributed by atoms with Crippen molar-refractivity contribution < 1.29 is 5.11 Å². The molecule has 1 heterocycles. The lowest BCUT2D eigenvalue weighted by Crippen LogP contribution is -2.02. The van der Waals surface area contributed by atoms with Gasteiger partial charge < -0.3 is 10.4 Å². The van der Waals surface area contributed by atoms with Gasteiger partial charge in [0.1, 0.15) is 11.4 Å². The molecule has 2 rings (SSSR count). The summed E-state index contributed by atoms with van der Waals surface area (Å²) in [4.78, 5) is 4.29. The highest BCUT2D eigenvalue weighted by molar-refractivity contribution is 14.1. The summed E-state index contributed by atoms with van der Waals surface area (Å²) in [6.07, 6.45) is 0. The number of pyridine rings is 1. The van der Waals surface area contributed by atoms with Gasteiger partial charge in [-0.3, -0.25) is 4.98 Å². The molecule has 0 amide bonds. The van der Waals surface area contributed by atoms with Crippen molar-refractivity contribution in [3.63, 3.8) is 0 Å². The molecule has 3 nitrogen and oxygen atoms in total. The molecule has 0 unspecified atom stereocenters. The van der Waals surface area contributed by atoms with Crippen LogP contribution in [0.4, 0.5) is 5.69 Å². The molecule has 17 heavy (non-hydrogen) atoms. The second kappa shape index (κ2) is 5.35. The summed E-state index contributed by atoms with van der Waals surface area (Å²) in [7, 11) is 0. The molecule has 88 valence electrons. The smallest absolute Gasteiger partial charge is 0.138 e. The summed E-state index contributed by atoms with van der Waals surface area (Å²) in [5, 5.41) is 12.9. The van der Waals surface area contributed by atoms with E-state index >= 15 is 0 Å². The van der Waals surface area contributed by atoms with Crippen LogP contribution in [0.5, 0.6) is 5.75 Å². The third kappa shape index (κ3) is 3.33. The number of anilines is 1. The molecular formula is C13H13IN2O. The van der Waals surface area contributed by atoms with Gasteiger partial charge in [0.05, 0.1) is 6.54 Å². The lowest BCUT2D eigenvalue weighted by molar-refractivity contribution is 0.464. The van der Waals surface area contributed by atoms with Gasteiger partial charge in [-0.15, -0.1) is 0 Å². The predicted octanol–water partition coefficient (Wildman–Crippen LogP) is 3.31. The van der Waals surface area contributed by atoms with Crippen LogP contribution < -0.4 is 5.32 Å². The highest BCUT2D eigenvalue weighted by atomic mass is 127. The third-order valence-electron chi connectivity index (χ3n) is 2.39. The Kier molecular flexibility index (Phi) is 3.83. The third-order valence-corrected chi connectivity index (χ3v) is 3.11.